The molecule has 7 nitrogen and oxygen atoms in total. The summed E-state index contributed by atoms with van der Waals surface area (Å²) in [6, 6.07) is 1.72. The number of nitrogens with zero attached hydrogens (tertiary/aromatic N) is 3. The molecule has 0 unspecified atom stereocenters. The van der Waals surface area contributed by atoms with E-state index < -0.39 is 0 Å². The molecule has 0 spiro atoms. The molecule has 2 aromatic heterocycles. The van der Waals surface area contributed by atoms with Gasteiger partial charge in [-0.2, -0.15) is 0 Å². The highest BCUT2D eigenvalue weighted by Gasteiger charge is 2.34. The van der Waals surface area contributed by atoms with Gasteiger partial charge in [-0.3, -0.25) is 4.79 Å². The molecule has 0 aliphatic carbocycles. The monoisotopic (exact) mass is 328 g/mol. The number of carbonyl (C=O) groups is 1. The smallest absolute Gasteiger partial charge is 0.270 e. The van der Waals surface area contributed by atoms with Crippen molar-refractivity contribution in [3.8, 4) is 5.75 Å². The molecule has 2 aliphatic heterocycles. The van der Waals surface area contributed by atoms with E-state index in [9.17, 15) is 4.79 Å². The standard InChI is InChI=1S/C17H20N4O3/c1-21-6-5-18-16(21)15-12(4-8-24-15)20-17(22)13-9-11-3-2-7-23-14(11)10-19-13/h5-6,9-10,12,15H,2-4,7-8H2,1H3,(H,20,22)/t12-,15-/m0/s1. The van der Waals surface area contributed by atoms with E-state index in [1.807, 2.05) is 23.9 Å². The lowest BCUT2D eigenvalue weighted by Gasteiger charge is -2.20. The molecule has 4 rings (SSSR count). The average molecular weight is 328 g/mol. The number of nitrogens with one attached hydrogen (secondary N) is 1. The van der Waals surface area contributed by atoms with Crippen LogP contribution in [0.25, 0.3) is 0 Å². The normalized spacial score (nSPS) is 22.7. The van der Waals surface area contributed by atoms with Gasteiger partial charge >= 0.3 is 0 Å². The van der Waals surface area contributed by atoms with E-state index in [0.29, 0.717) is 18.9 Å². The van der Waals surface area contributed by atoms with Gasteiger partial charge in [0.25, 0.3) is 5.91 Å². The number of pyridine rings is 1. The van der Waals surface area contributed by atoms with Gasteiger partial charge in [0.2, 0.25) is 0 Å². The minimum atomic E-state index is -0.227. The molecule has 7 heteroatoms. The van der Waals surface area contributed by atoms with Crippen molar-refractivity contribution < 1.29 is 14.3 Å². The highest BCUT2D eigenvalue weighted by Crippen LogP contribution is 2.28. The number of fused-ring (bicyclic) bond motifs is 1. The summed E-state index contributed by atoms with van der Waals surface area (Å²) in [6.07, 6.45) is 7.68. The van der Waals surface area contributed by atoms with Gasteiger partial charge in [-0.1, -0.05) is 0 Å². The van der Waals surface area contributed by atoms with Crippen molar-refractivity contribution in [1.29, 1.82) is 0 Å². The Hall–Kier alpha value is -2.41. The SMILES string of the molecule is Cn1ccnc1[C@H]1OCC[C@@H]1NC(=O)c1cc2c(cn1)OCCC2. The maximum Gasteiger partial charge on any atom is 0.270 e. The summed E-state index contributed by atoms with van der Waals surface area (Å²) < 4.78 is 13.2. The van der Waals surface area contributed by atoms with E-state index in [0.717, 1.165) is 36.4 Å². The fourth-order valence-corrected chi connectivity index (χ4v) is 3.26. The summed E-state index contributed by atoms with van der Waals surface area (Å²) in [5.41, 5.74) is 1.47. The number of aryl methyl sites for hydroxylation is 2. The Kier molecular flexibility index (Phi) is 3.93. The van der Waals surface area contributed by atoms with Crippen LogP contribution in [0.1, 0.15) is 40.8 Å². The molecule has 2 atom stereocenters. The van der Waals surface area contributed by atoms with Crippen molar-refractivity contribution in [3.05, 3.63) is 41.7 Å². The van der Waals surface area contributed by atoms with Gasteiger partial charge in [0.15, 0.2) is 0 Å². The topological polar surface area (TPSA) is 78.3 Å². The third-order valence-corrected chi connectivity index (χ3v) is 4.55. The van der Waals surface area contributed by atoms with Crippen LogP contribution in [0, 0.1) is 0 Å². The maximum absolute atomic E-state index is 12.6. The minimum Gasteiger partial charge on any atom is -0.492 e. The molecule has 0 bridgehead atoms. The molecule has 0 saturated carbocycles. The van der Waals surface area contributed by atoms with Crippen LogP contribution in [0.5, 0.6) is 5.75 Å². The van der Waals surface area contributed by atoms with Crippen molar-refractivity contribution in [2.45, 2.75) is 31.4 Å². The largest absolute Gasteiger partial charge is 0.492 e. The second-order valence-electron chi connectivity index (χ2n) is 6.19. The van der Waals surface area contributed by atoms with Crippen molar-refractivity contribution in [2.24, 2.45) is 7.05 Å². The summed E-state index contributed by atoms with van der Waals surface area (Å²) in [6.45, 7) is 1.32. The van der Waals surface area contributed by atoms with Crippen molar-refractivity contribution >= 4 is 5.91 Å². The van der Waals surface area contributed by atoms with Gasteiger partial charge in [-0.05, 0) is 30.9 Å². The van der Waals surface area contributed by atoms with Gasteiger partial charge < -0.3 is 19.4 Å². The van der Waals surface area contributed by atoms with Crippen molar-refractivity contribution in [3.63, 3.8) is 0 Å². The molecule has 2 aliphatic rings. The Labute approximate surface area is 140 Å². The lowest BCUT2D eigenvalue weighted by molar-refractivity contribution is 0.0776. The Morgan fingerprint density at radius 3 is 3.12 bits per heavy atom. The second-order valence-corrected chi connectivity index (χ2v) is 6.19. The van der Waals surface area contributed by atoms with Crippen molar-refractivity contribution in [2.75, 3.05) is 13.2 Å². The molecule has 2 aromatic rings. The molecule has 1 fully saturated rings. The number of imidazole rings is 1. The van der Waals surface area contributed by atoms with Gasteiger partial charge in [0, 0.05) is 26.0 Å². The summed E-state index contributed by atoms with van der Waals surface area (Å²) in [5, 5.41) is 3.05. The second kappa shape index (κ2) is 6.24. The van der Waals surface area contributed by atoms with Crippen LogP contribution < -0.4 is 10.1 Å². The average Bonchev–Trinajstić information content (AvgIpc) is 3.22. The number of ether oxygens (including phenoxy) is 2. The predicted octanol–water partition coefficient (Wildman–Crippen LogP) is 1.40. The van der Waals surface area contributed by atoms with Crippen LogP contribution in [-0.4, -0.2) is 39.7 Å². The number of rotatable bonds is 3. The quantitative estimate of drug-likeness (QED) is 0.921. The maximum atomic E-state index is 12.6. The summed E-state index contributed by atoms with van der Waals surface area (Å²) in [5.74, 6) is 1.43. The van der Waals surface area contributed by atoms with E-state index in [1.54, 1.807) is 12.4 Å². The zero-order valence-corrected chi connectivity index (χ0v) is 13.6. The lowest BCUT2D eigenvalue weighted by atomic mass is 10.1. The first-order valence-corrected chi connectivity index (χ1v) is 8.24. The van der Waals surface area contributed by atoms with Gasteiger partial charge in [-0.25, -0.2) is 9.97 Å². The molecule has 4 heterocycles. The third kappa shape index (κ3) is 2.75. The first-order chi connectivity index (χ1) is 11.7. The third-order valence-electron chi connectivity index (χ3n) is 4.55. The molecule has 0 aromatic carbocycles. The predicted molar refractivity (Wildman–Crippen MR) is 85.8 cm³/mol. The number of aromatic nitrogens is 3. The molecule has 24 heavy (non-hydrogen) atoms. The zero-order chi connectivity index (χ0) is 16.5. The highest BCUT2D eigenvalue weighted by molar-refractivity contribution is 5.92. The first-order valence-electron chi connectivity index (χ1n) is 8.24. The summed E-state index contributed by atoms with van der Waals surface area (Å²) >= 11 is 0. The molecule has 1 amide bonds. The molecule has 0 radical (unpaired) electrons. The van der Waals surface area contributed by atoms with Crippen LogP contribution >= 0.6 is 0 Å². The van der Waals surface area contributed by atoms with E-state index in [4.69, 9.17) is 9.47 Å². The van der Waals surface area contributed by atoms with Crippen LogP contribution in [0.2, 0.25) is 0 Å². The molecule has 1 saturated heterocycles. The lowest BCUT2D eigenvalue weighted by Crippen LogP contribution is -2.38. The molecule has 126 valence electrons. The van der Waals surface area contributed by atoms with Gasteiger partial charge in [0.1, 0.15) is 23.4 Å². The van der Waals surface area contributed by atoms with E-state index in [1.165, 1.54) is 0 Å². The molecule has 1 N–H and O–H groups in total. The van der Waals surface area contributed by atoms with Crippen LogP contribution in [0.15, 0.2) is 24.7 Å². The number of carbonyl (C=O) groups excluding carboxylic acids is 1. The number of hydrogen-bond donors (Lipinski definition) is 1. The Bertz CT molecular complexity index is 758. The Morgan fingerprint density at radius 1 is 1.38 bits per heavy atom. The van der Waals surface area contributed by atoms with E-state index in [2.05, 4.69) is 15.3 Å². The van der Waals surface area contributed by atoms with Gasteiger partial charge in [-0.15, -0.1) is 0 Å². The van der Waals surface area contributed by atoms with Crippen molar-refractivity contribution in [1.82, 2.24) is 19.9 Å². The summed E-state index contributed by atoms with van der Waals surface area (Å²) in [7, 11) is 1.92. The zero-order valence-electron chi connectivity index (χ0n) is 13.6. The molecular formula is C17H20N4O3. The van der Waals surface area contributed by atoms with Crippen LogP contribution in [0.4, 0.5) is 0 Å². The summed E-state index contributed by atoms with van der Waals surface area (Å²) in [4.78, 5) is 21.2. The Balaban J connectivity index is 1.50. The first kappa shape index (κ1) is 15.1. The van der Waals surface area contributed by atoms with Crippen LogP contribution in [-0.2, 0) is 18.2 Å². The Morgan fingerprint density at radius 2 is 2.29 bits per heavy atom. The van der Waals surface area contributed by atoms with E-state index in [-0.39, 0.29) is 18.1 Å². The minimum absolute atomic E-state index is 0.104. The fourth-order valence-electron chi connectivity index (χ4n) is 3.26. The fraction of sp³-hybridized carbons (Fsp3) is 0.471. The molecular weight excluding hydrogens is 308 g/mol. The van der Waals surface area contributed by atoms with E-state index >= 15 is 0 Å². The number of hydrogen-bond acceptors (Lipinski definition) is 5. The van der Waals surface area contributed by atoms with Crippen LogP contribution in [0.3, 0.4) is 0 Å². The van der Waals surface area contributed by atoms with Gasteiger partial charge in [0.05, 0.1) is 18.8 Å². The number of amides is 1. The highest BCUT2D eigenvalue weighted by atomic mass is 16.5.